The van der Waals surface area contributed by atoms with Crippen LogP contribution in [0, 0.1) is 0 Å². The Morgan fingerprint density at radius 2 is 1.81 bits per heavy atom. The van der Waals surface area contributed by atoms with Crippen molar-refractivity contribution < 1.29 is 9.47 Å². The highest BCUT2D eigenvalue weighted by atomic mass is 16.5. The Kier molecular flexibility index (Phi) is 4.01. The van der Waals surface area contributed by atoms with E-state index in [-0.39, 0.29) is 5.41 Å². The quantitative estimate of drug-likeness (QED) is 0.801. The van der Waals surface area contributed by atoms with Crippen molar-refractivity contribution in [3.8, 4) is 0 Å². The zero-order chi connectivity index (χ0) is 14.9. The summed E-state index contributed by atoms with van der Waals surface area (Å²) < 4.78 is 11.1. The molecule has 2 aromatic rings. The van der Waals surface area contributed by atoms with E-state index < -0.39 is 0 Å². The summed E-state index contributed by atoms with van der Waals surface area (Å²) in [7, 11) is 3.57. The minimum atomic E-state index is -0.0326. The second kappa shape index (κ2) is 5.78. The standard InChI is InChI=1S/C19H24O2/c1-4-6-14-9-10-15-7-5-8-17-18(15)16(14)11-19(17,12-20-2)13-21-3/h5,7-10H,4,6,11-13H2,1-3H3. The minimum absolute atomic E-state index is 0.0326. The second-order valence-corrected chi connectivity index (χ2v) is 6.18. The summed E-state index contributed by atoms with van der Waals surface area (Å²) in [5.41, 5.74) is 4.37. The van der Waals surface area contributed by atoms with Crippen molar-refractivity contribution in [2.24, 2.45) is 0 Å². The maximum absolute atomic E-state index is 5.56. The van der Waals surface area contributed by atoms with E-state index in [0.717, 1.165) is 12.8 Å². The van der Waals surface area contributed by atoms with Crippen LogP contribution in [0.25, 0.3) is 10.8 Å². The molecule has 0 radical (unpaired) electrons. The maximum atomic E-state index is 5.56. The van der Waals surface area contributed by atoms with Gasteiger partial charge in [0.2, 0.25) is 0 Å². The van der Waals surface area contributed by atoms with E-state index in [4.69, 9.17) is 9.47 Å². The van der Waals surface area contributed by atoms with E-state index >= 15 is 0 Å². The Hall–Kier alpha value is -1.38. The molecule has 21 heavy (non-hydrogen) atoms. The van der Waals surface area contributed by atoms with Crippen molar-refractivity contribution in [2.45, 2.75) is 31.6 Å². The van der Waals surface area contributed by atoms with Crippen molar-refractivity contribution >= 4 is 10.8 Å². The Labute approximate surface area is 127 Å². The van der Waals surface area contributed by atoms with Crippen LogP contribution in [0.15, 0.2) is 30.3 Å². The van der Waals surface area contributed by atoms with Gasteiger partial charge in [-0.3, -0.25) is 0 Å². The number of aryl methyl sites for hydroxylation is 1. The van der Waals surface area contributed by atoms with E-state index in [1.54, 1.807) is 14.2 Å². The molecular formula is C19H24O2. The lowest BCUT2D eigenvalue weighted by molar-refractivity contribution is 0.0623. The molecular weight excluding hydrogens is 260 g/mol. The summed E-state index contributed by atoms with van der Waals surface area (Å²) in [5.74, 6) is 0. The van der Waals surface area contributed by atoms with Crippen LogP contribution in [0.3, 0.4) is 0 Å². The van der Waals surface area contributed by atoms with Crippen LogP contribution in [0.1, 0.15) is 30.0 Å². The van der Waals surface area contributed by atoms with Gasteiger partial charge in [0.15, 0.2) is 0 Å². The molecule has 1 aliphatic carbocycles. The molecule has 0 atom stereocenters. The summed E-state index contributed by atoms with van der Waals surface area (Å²) in [4.78, 5) is 0. The summed E-state index contributed by atoms with van der Waals surface area (Å²) >= 11 is 0. The lowest BCUT2D eigenvalue weighted by atomic mass is 9.82. The lowest BCUT2D eigenvalue weighted by Crippen LogP contribution is -2.36. The Bertz CT molecular complexity index is 639. The number of hydrogen-bond donors (Lipinski definition) is 0. The van der Waals surface area contributed by atoms with Crippen molar-refractivity contribution in [1.82, 2.24) is 0 Å². The molecule has 0 aliphatic heterocycles. The van der Waals surface area contributed by atoms with E-state index in [1.165, 1.54) is 33.9 Å². The average molecular weight is 284 g/mol. The molecule has 1 aliphatic rings. The normalized spacial score (nSPS) is 15.8. The van der Waals surface area contributed by atoms with E-state index in [2.05, 4.69) is 37.3 Å². The lowest BCUT2D eigenvalue weighted by Gasteiger charge is -2.29. The highest BCUT2D eigenvalue weighted by molar-refractivity contribution is 5.93. The van der Waals surface area contributed by atoms with Gasteiger partial charge in [-0.2, -0.15) is 0 Å². The third-order valence-electron chi connectivity index (χ3n) is 4.70. The molecule has 0 heterocycles. The largest absolute Gasteiger partial charge is 0.384 e. The molecule has 0 N–H and O–H groups in total. The van der Waals surface area contributed by atoms with Crippen LogP contribution >= 0.6 is 0 Å². The maximum Gasteiger partial charge on any atom is 0.0584 e. The van der Waals surface area contributed by atoms with Gasteiger partial charge in [0, 0.05) is 19.6 Å². The van der Waals surface area contributed by atoms with Crippen molar-refractivity contribution in [2.75, 3.05) is 27.4 Å². The number of hydrogen-bond acceptors (Lipinski definition) is 2. The minimum Gasteiger partial charge on any atom is -0.384 e. The van der Waals surface area contributed by atoms with E-state index in [0.29, 0.717) is 13.2 Å². The molecule has 0 spiro atoms. The molecule has 3 rings (SSSR count). The highest BCUT2D eigenvalue weighted by Gasteiger charge is 2.40. The number of methoxy groups -OCH3 is 2. The van der Waals surface area contributed by atoms with Crippen molar-refractivity contribution in [1.29, 1.82) is 0 Å². The van der Waals surface area contributed by atoms with Gasteiger partial charge in [-0.05, 0) is 40.3 Å². The van der Waals surface area contributed by atoms with Crippen LogP contribution in [0.5, 0.6) is 0 Å². The molecule has 2 aromatic carbocycles. The zero-order valence-electron chi connectivity index (χ0n) is 13.2. The molecule has 112 valence electrons. The Morgan fingerprint density at radius 1 is 1.05 bits per heavy atom. The predicted molar refractivity (Wildman–Crippen MR) is 87.1 cm³/mol. The third-order valence-corrected chi connectivity index (χ3v) is 4.70. The Balaban J connectivity index is 2.21. The van der Waals surface area contributed by atoms with Gasteiger partial charge >= 0.3 is 0 Å². The molecule has 0 bridgehead atoms. The average Bonchev–Trinajstić information content (AvgIpc) is 2.80. The molecule has 0 saturated carbocycles. The monoisotopic (exact) mass is 284 g/mol. The molecule has 0 amide bonds. The summed E-state index contributed by atoms with van der Waals surface area (Å²) in [5, 5.41) is 2.79. The molecule has 0 aromatic heterocycles. The Morgan fingerprint density at radius 3 is 2.48 bits per heavy atom. The van der Waals surface area contributed by atoms with Crippen LogP contribution in [-0.4, -0.2) is 27.4 Å². The number of benzene rings is 2. The second-order valence-electron chi connectivity index (χ2n) is 6.18. The van der Waals surface area contributed by atoms with Crippen molar-refractivity contribution in [3.63, 3.8) is 0 Å². The van der Waals surface area contributed by atoms with Crippen LogP contribution in [0.2, 0.25) is 0 Å². The van der Waals surface area contributed by atoms with Gasteiger partial charge in [0.1, 0.15) is 0 Å². The van der Waals surface area contributed by atoms with Crippen molar-refractivity contribution in [3.05, 3.63) is 47.0 Å². The van der Waals surface area contributed by atoms with E-state index in [1.807, 2.05) is 0 Å². The number of ether oxygens (including phenoxy) is 2. The number of rotatable bonds is 6. The summed E-state index contributed by atoms with van der Waals surface area (Å²) in [6.07, 6.45) is 3.36. The van der Waals surface area contributed by atoms with Gasteiger partial charge in [-0.15, -0.1) is 0 Å². The van der Waals surface area contributed by atoms with Crippen LogP contribution in [-0.2, 0) is 27.7 Å². The van der Waals surface area contributed by atoms with Crippen LogP contribution in [0.4, 0.5) is 0 Å². The fraction of sp³-hybridized carbons (Fsp3) is 0.474. The summed E-state index contributed by atoms with van der Waals surface area (Å²) in [6.45, 7) is 3.66. The molecule has 0 unspecified atom stereocenters. The first-order chi connectivity index (χ1) is 10.3. The van der Waals surface area contributed by atoms with Gasteiger partial charge in [-0.1, -0.05) is 43.7 Å². The van der Waals surface area contributed by atoms with Crippen LogP contribution < -0.4 is 0 Å². The smallest absolute Gasteiger partial charge is 0.0584 e. The fourth-order valence-electron chi connectivity index (χ4n) is 3.93. The van der Waals surface area contributed by atoms with Gasteiger partial charge in [0.05, 0.1) is 13.2 Å². The first-order valence-electron chi connectivity index (χ1n) is 7.77. The third kappa shape index (κ3) is 2.27. The zero-order valence-corrected chi connectivity index (χ0v) is 13.2. The topological polar surface area (TPSA) is 18.5 Å². The van der Waals surface area contributed by atoms with E-state index in [9.17, 15) is 0 Å². The SMILES string of the molecule is CCCc1ccc2cccc3c2c1CC3(COC)COC. The first kappa shape index (κ1) is 14.6. The molecule has 2 heteroatoms. The predicted octanol–water partition coefficient (Wildman–Crippen LogP) is 3.88. The fourth-order valence-corrected chi connectivity index (χ4v) is 3.93. The molecule has 2 nitrogen and oxygen atoms in total. The van der Waals surface area contributed by atoms with Gasteiger partial charge in [-0.25, -0.2) is 0 Å². The summed E-state index contributed by atoms with van der Waals surface area (Å²) in [6, 6.07) is 11.2. The molecule has 0 fully saturated rings. The first-order valence-corrected chi connectivity index (χ1v) is 7.77. The van der Waals surface area contributed by atoms with Gasteiger partial charge < -0.3 is 9.47 Å². The van der Waals surface area contributed by atoms with Gasteiger partial charge in [0.25, 0.3) is 0 Å². The molecule has 0 saturated heterocycles. The highest BCUT2D eigenvalue weighted by Crippen LogP contribution is 2.44.